The van der Waals surface area contributed by atoms with Gasteiger partial charge in [-0.25, -0.2) is 4.98 Å². The zero-order chi connectivity index (χ0) is 15.0. The van der Waals surface area contributed by atoms with Gasteiger partial charge in [0.05, 0.1) is 17.9 Å². The van der Waals surface area contributed by atoms with Crippen LogP contribution < -0.4 is 5.32 Å². The van der Waals surface area contributed by atoms with Crippen molar-refractivity contribution in [3.05, 3.63) is 58.4 Å². The molecule has 0 saturated carbocycles. The summed E-state index contributed by atoms with van der Waals surface area (Å²) in [6, 6.07) is 11.1. The van der Waals surface area contributed by atoms with Gasteiger partial charge in [-0.2, -0.15) is 0 Å². The summed E-state index contributed by atoms with van der Waals surface area (Å²) in [7, 11) is 0. The highest BCUT2D eigenvalue weighted by molar-refractivity contribution is 6.30. The van der Waals surface area contributed by atoms with Gasteiger partial charge in [-0.15, -0.1) is 0 Å². The summed E-state index contributed by atoms with van der Waals surface area (Å²) in [5, 5.41) is 4.25. The molecule has 2 nitrogen and oxygen atoms in total. The van der Waals surface area contributed by atoms with Crippen LogP contribution in [0, 0.1) is 12.3 Å². The molecule has 1 aromatic heterocycles. The summed E-state index contributed by atoms with van der Waals surface area (Å²) in [6.07, 6.45) is 4.16. The van der Waals surface area contributed by atoms with Crippen LogP contribution in [0.2, 0.25) is 5.15 Å². The normalized spacial score (nSPS) is 19.9. The second-order valence-electron chi connectivity index (χ2n) is 6.60. The summed E-state index contributed by atoms with van der Waals surface area (Å²) >= 11 is 6.02. The summed E-state index contributed by atoms with van der Waals surface area (Å²) < 4.78 is 0. The second-order valence-corrected chi connectivity index (χ2v) is 6.95. The van der Waals surface area contributed by atoms with Gasteiger partial charge >= 0.3 is 0 Å². The molecule has 1 unspecified atom stereocenters. The molecule has 0 radical (unpaired) electrons. The van der Waals surface area contributed by atoms with Crippen molar-refractivity contribution in [2.75, 3.05) is 5.32 Å². The number of nitrogens with one attached hydrogen (secondary N) is 1. The summed E-state index contributed by atoms with van der Waals surface area (Å²) in [4.78, 5) is 4.25. The topological polar surface area (TPSA) is 24.9 Å². The Labute approximate surface area is 131 Å². The Morgan fingerprint density at radius 3 is 2.81 bits per heavy atom. The lowest BCUT2D eigenvalue weighted by molar-refractivity contribution is 0.265. The lowest BCUT2D eigenvalue weighted by Crippen LogP contribution is -2.33. The van der Waals surface area contributed by atoms with Gasteiger partial charge in [0, 0.05) is 0 Å². The number of fused-ring (bicyclic) bond motifs is 1. The Balaban J connectivity index is 1.97. The Hall–Kier alpha value is -1.54. The number of pyridine rings is 1. The van der Waals surface area contributed by atoms with Gasteiger partial charge < -0.3 is 5.32 Å². The van der Waals surface area contributed by atoms with E-state index >= 15 is 0 Å². The maximum absolute atomic E-state index is 6.02. The zero-order valence-corrected chi connectivity index (χ0v) is 13.5. The first-order valence-electron chi connectivity index (χ1n) is 7.44. The standard InChI is InChI=1S/C18H21ClN2/c1-12-10-14(11-20-17(12)19)21-16-15-7-5-4-6-13(15)8-9-18(16,2)3/h4-7,10-11,16,21H,8-9H2,1-3H3. The molecule has 1 N–H and O–H groups in total. The van der Waals surface area contributed by atoms with Crippen LogP contribution in [0.5, 0.6) is 0 Å². The lowest BCUT2D eigenvalue weighted by Gasteiger charge is -2.41. The SMILES string of the molecule is Cc1cc(NC2c3ccccc3CCC2(C)C)cnc1Cl. The van der Waals surface area contributed by atoms with Crippen molar-refractivity contribution in [3.63, 3.8) is 0 Å². The number of hydrogen-bond acceptors (Lipinski definition) is 2. The van der Waals surface area contributed by atoms with E-state index in [1.165, 1.54) is 17.5 Å². The Bertz CT molecular complexity index is 664. The predicted molar refractivity (Wildman–Crippen MR) is 88.9 cm³/mol. The molecule has 21 heavy (non-hydrogen) atoms. The number of nitrogens with zero attached hydrogens (tertiary/aromatic N) is 1. The molecule has 0 spiro atoms. The van der Waals surface area contributed by atoms with Gasteiger partial charge in [0.2, 0.25) is 0 Å². The van der Waals surface area contributed by atoms with Crippen LogP contribution in [0.3, 0.4) is 0 Å². The van der Waals surface area contributed by atoms with E-state index in [1.807, 2.05) is 13.1 Å². The molecule has 110 valence electrons. The number of rotatable bonds is 2. The smallest absolute Gasteiger partial charge is 0.132 e. The van der Waals surface area contributed by atoms with Crippen molar-refractivity contribution < 1.29 is 0 Å². The van der Waals surface area contributed by atoms with Gasteiger partial charge in [0.25, 0.3) is 0 Å². The number of hydrogen-bond donors (Lipinski definition) is 1. The molecule has 1 aromatic carbocycles. The van der Waals surface area contributed by atoms with Crippen LogP contribution in [0.1, 0.15) is 43.0 Å². The van der Waals surface area contributed by atoms with Crippen LogP contribution >= 0.6 is 11.6 Å². The average molecular weight is 301 g/mol. The summed E-state index contributed by atoms with van der Waals surface area (Å²) in [5.74, 6) is 0. The predicted octanol–water partition coefficient (Wildman–Crippen LogP) is 5.17. The lowest BCUT2D eigenvalue weighted by atomic mass is 9.70. The van der Waals surface area contributed by atoms with Crippen molar-refractivity contribution in [2.24, 2.45) is 5.41 Å². The molecule has 1 aliphatic carbocycles. The molecule has 0 fully saturated rings. The quantitative estimate of drug-likeness (QED) is 0.774. The van der Waals surface area contributed by atoms with Crippen LogP contribution in [0.25, 0.3) is 0 Å². The zero-order valence-electron chi connectivity index (χ0n) is 12.8. The van der Waals surface area contributed by atoms with Gasteiger partial charge in [0.15, 0.2) is 0 Å². The molecule has 1 atom stereocenters. The molecular weight excluding hydrogens is 280 g/mol. The largest absolute Gasteiger partial charge is 0.376 e. The first-order valence-corrected chi connectivity index (χ1v) is 7.82. The maximum atomic E-state index is 6.02. The molecule has 3 rings (SSSR count). The molecule has 0 amide bonds. The van der Waals surface area contributed by atoms with Gasteiger partial charge in [0.1, 0.15) is 5.15 Å². The number of aryl methyl sites for hydroxylation is 2. The third-order valence-electron chi connectivity index (χ3n) is 4.51. The molecular formula is C18H21ClN2. The first kappa shape index (κ1) is 14.4. The second kappa shape index (κ2) is 5.34. The van der Waals surface area contributed by atoms with Crippen LogP contribution in [-0.4, -0.2) is 4.98 Å². The number of benzene rings is 1. The van der Waals surface area contributed by atoms with E-state index in [4.69, 9.17) is 11.6 Å². The molecule has 1 aliphatic rings. The van der Waals surface area contributed by atoms with Crippen LogP contribution in [0.4, 0.5) is 5.69 Å². The van der Waals surface area contributed by atoms with Gasteiger partial charge in [-0.1, -0.05) is 49.7 Å². The minimum atomic E-state index is 0.210. The third-order valence-corrected chi connectivity index (χ3v) is 4.91. The average Bonchev–Trinajstić information content (AvgIpc) is 2.46. The van der Waals surface area contributed by atoms with Gasteiger partial charge in [-0.05, 0) is 47.9 Å². The molecule has 3 heteroatoms. The highest BCUT2D eigenvalue weighted by Gasteiger charge is 2.35. The van der Waals surface area contributed by atoms with E-state index in [1.54, 1.807) is 0 Å². The van der Waals surface area contributed by atoms with Crippen molar-refractivity contribution in [3.8, 4) is 0 Å². The van der Waals surface area contributed by atoms with E-state index < -0.39 is 0 Å². The minimum Gasteiger partial charge on any atom is -0.376 e. The molecule has 2 aromatic rings. The van der Waals surface area contributed by atoms with Gasteiger partial charge in [-0.3, -0.25) is 0 Å². The first-order chi connectivity index (χ1) is 9.97. The summed E-state index contributed by atoms with van der Waals surface area (Å²) in [5.41, 5.74) is 5.10. The Morgan fingerprint density at radius 1 is 1.29 bits per heavy atom. The fraction of sp³-hybridized carbons (Fsp3) is 0.389. The fourth-order valence-electron chi connectivity index (χ4n) is 3.14. The molecule has 0 aliphatic heterocycles. The molecule has 1 heterocycles. The van der Waals surface area contributed by atoms with E-state index in [2.05, 4.69) is 54.5 Å². The minimum absolute atomic E-state index is 0.210. The Morgan fingerprint density at radius 2 is 2.05 bits per heavy atom. The highest BCUT2D eigenvalue weighted by atomic mass is 35.5. The van der Waals surface area contributed by atoms with E-state index in [9.17, 15) is 0 Å². The monoisotopic (exact) mass is 300 g/mol. The van der Waals surface area contributed by atoms with Crippen molar-refractivity contribution in [1.29, 1.82) is 0 Å². The number of anilines is 1. The summed E-state index contributed by atoms with van der Waals surface area (Å²) in [6.45, 7) is 6.65. The molecule has 0 bridgehead atoms. The maximum Gasteiger partial charge on any atom is 0.132 e. The van der Waals surface area contributed by atoms with Crippen molar-refractivity contribution >= 4 is 17.3 Å². The van der Waals surface area contributed by atoms with E-state index in [-0.39, 0.29) is 5.41 Å². The fourth-order valence-corrected chi connectivity index (χ4v) is 3.25. The Kier molecular flexibility index (Phi) is 3.66. The van der Waals surface area contributed by atoms with Crippen molar-refractivity contribution in [1.82, 2.24) is 4.98 Å². The van der Waals surface area contributed by atoms with Crippen LogP contribution in [0.15, 0.2) is 36.5 Å². The highest BCUT2D eigenvalue weighted by Crippen LogP contribution is 2.45. The number of halogens is 1. The van der Waals surface area contributed by atoms with E-state index in [0.717, 1.165) is 17.7 Å². The van der Waals surface area contributed by atoms with Crippen LogP contribution in [-0.2, 0) is 6.42 Å². The molecule has 0 saturated heterocycles. The third kappa shape index (κ3) is 2.77. The van der Waals surface area contributed by atoms with E-state index in [0.29, 0.717) is 11.2 Å². The number of aromatic nitrogens is 1. The van der Waals surface area contributed by atoms with Crippen molar-refractivity contribution in [2.45, 2.75) is 39.7 Å².